The Morgan fingerprint density at radius 3 is 2.69 bits per heavy atom. The fourth-order valence-corrected chi connectivity index (χ4v) is 3.45. The second kappa shape index (κ2) is 7.10. The second-order valence-electron chi connectivity index (χ2n) is 6.67. The average Bonchev–Trinajstić information content (AvgIpc) is 3.06. The maximum absolute atomic E-state index is 11.5. The summed E-state index contributed by atoms with van der Waals surface area (Å²) >= 11 is 0. The molecule has 1 aliphatic rings. The van der Waals surface area contributed by atoms with Crippen LogP contribution >= 0.6 is 0 Å². The summed E-state index contributed by atoms with van der Waals surface area (Å²) in [6, 6.07) is 18.2. The van der Waals surface area contributed by atoms with Crippen molar-refractivity contribution in [3.63, 3.8) is 0 Å². The molecule has 4 nitrogen and oxygen atoms in total. The highest BCUT2D eigenvalue weighted by atomic mass is 16.3. The summed E-state index contributed by atoms with van der Waals surface area (Å²) in [6.07, 6.45) is 4.86. The predicted octanol–water partition coefficient (Wildman–Crippen LogP) is 3.56. The van der Waals surface area contributed by atoms with Crippen LogP contribution in [-0.4, -0.2) is 22.6 Å². The lowest BCUT2D eigenvalue weighted by Crippen LogP contribution is -2.08. The Hall–Kier alpha value is -2.98. The standard InChI is InChI=1S/C22H20N2O2/c25-14-20(16-4-2-1-3-5-16)9-15-8-19(13-23-12-15)17-6-7-18-11-22(26)24-21(18)10-17/h1-8,10,12-13,20,25H,9,11,14H2,(H,24,26)/t20-/m0/s1. The number of pyridine rings is 1. The molecule has 4 heteroatoms. The van der Waals surface area contributed by atoms with Crippen molar-refractivity contribution in [2.24, 2.45) is 0 Å². The lowest BCUT2D eigenvalue weighted by atomic mass is 9.92. The molecule has 0 radical (unpaired) electrons. The van der Waals surface area contributed by atoms with E-state index in [1.165, 1.54) is 0 Å². The normalized spacial score (nSPS) is 14.0. The second-order valence-corrected chi connectivity index (χ2v) is 6.67. The maximum Gasteiger partial charge on any atom is 0.228 e. The van der Waals surface area contributed by atoms with Gasteiger partial charge in [-0.25, -0.2) is 0 Å². The highest BCUT2D eigenvalue weighted by Gasteiger charge is 2.18. The van der Waals surface area contributed by atoms with E-state index in [1.54, 1.807) is 0 Å². The van der Waals surface area contributed by atoms with Gasteiger partial charge in [0.2, 0.25) is 5.91 Å². The lowest BCUT2D eigenvalue weighted by Gasteiger charge is -2.15. The molecule has 1 atom stereocenters. The van der Waals surface area contributed by atoms with Gasteiger partial charge in [0.05, 0.1) is 13.0 Å². The van der Waals surface area contributed by atoms with Crippen molar-refractivity contribution in [3.05, 3.63) is 83.7 Å². The molecule has 4 rings (SSSR count). The van der Waals surface area contributed by atoms with Gasteiger partial charge in [0.15, 0.2) is 0 Å². The zero-order valence-electron chi connectivity index (χ0n) is 14.4. The number of hydrogen-bond acceptors (Lipinski definition) is 3. The van der Waals surface area contributed by atoms with Crippen molar-refractivity contribution in [2.45, 2.75) is 18.8 Å². The van der Waals surface area contributed by atoms with Gasteiger partial charge in [-0.1, -0.05) is 42.5 Å². The molecule has 0 spiro atoms. The number of aromatic nitrogens is 1. The Morgan fingerprint density at radius 1 is 1.04 bits per heavy atom. The van der Waals surface area contributed by atoms with E-state index >= 15 is 0 Å². The Kier molecular flexibility index (Phi) is 4.50. The van der Waals surface area contributed by atoms with Crippen LogP contribution in [0.1, 0.15) is 22.6 Å². The first-order valence-electron chi connectivity index (χ1n) is 8.76. The molecule has 0 unspecified atom stereocenters. The number of amides is 1. The summed E-state index contributed by atoms with van der Waals surface area (Å²) in [5, 5.41) is 12.7. The number of fused-ring (bicyclic) bond motifs is 1. The Bertz CT molecular complexity index is 938. The van der Waals surface area contributed by atoms with Gasteiger partial charge < -0.3 is 10.4 Å². The van der Waals surface area contributed by atoms with E-state index in [1.807, 2.05) is 60.9 Å². The van der Waals surface area contributed by atoms with Crippen LogP contribution in [0.3, 0.4) is 0 Å². The van der Waals surface area contributed by atoms with Crippen LogP contribution in [0.15, 0.2) is 67.0 Å². The van der Waals surface area contributed by atoms with Gasteiger partial charge in [-0.2, -0.15) is 0 Å². The Labute approximate surface area is 152 Å². The number of anilines is 1. The Balaban J connectivity index is 1.59. The van der Waals surface area contributed by atoms with Crippen molar-refractivity contribution < 1.29 is 9.90 Å². The first-order valence-corrected chi connectivity index (χ1v) is 8.76. The minimum atomic E-state index is 0.0395. The van der Waals surface area contributed by atoms with E-state index < -0.39 is 0 Å². The van der Waals surface area contributed by atoms with Crippen molar-refractivity contribution in [3.8, 4) is 11.1 Å². The molecule has 1 aliphatic heterocycles. The molecule has 2 heterocycles. The molecule has 0 aliphatic carbocycles. The van der Waals surface area contributed by atoms with Crippen LogP contribution in [0.2, 0.25) is 0 Å². The maximum atomic E-state index is 11.5. The van der Waals surface area contributed by atoms with E-state index in [4.69, 9.17) is 0 Å². The van der Waals surface area contributed by atoms with E-state index in [0.29, 0.717) is 6.42 Å². The SMILES string of the molecule is O=C1Cc2ccc(-c3cncc(C[C@@H](CO)c4ccccc4)c3)cc2N1. The molecule has 0 saturated heterocycles. The topological polar surface area (TPSA) is 62.2 Å². The van der Waals surface area contributed by atoms with Gasteiger partial charge in [-0.05, 0) is 40.8 Å². The zero-order valence-corrected chi connectivity index (χ0v) is 14.4. The smallest absolute Gasteiger partial charge is 0.228 e. The minimum Gasteiger partial charge on any atom is -0.396 e. The largest absolute Gasteiger partial charge is 0.396 e. The number of hydrogen-bond donors (Lipinski definition) is 2. The summed E-state index contributed by atoms with van der Waals surface area (Å²) in [4.78, 5) is 15.9. The van der Waals surface area contributed by atoms with Crippen molar-refractivity contribution in [1.82, 2.24) is 4.98 Å². The Morgan fingerprint density at radius 2 is 1.88 bits per heavy atom. The highest BCUT2D eigenvalue weighted by molar-refractivity contribution is 5.99. The molecular weight excluding hydrogens is 324 g/mol. The quantitative estimate of drug-likeness (QED) is 0.744. The van der Waals surface area contributed by atoms with E-state index in [9.17, 15) is 9.90 Å². The van der Waals surface area contributed by atoms with Crippen LogP contribution in [0.25, 0.3) is 11.1 Å². The molecule has 2 aromatic carbocycles. The first-order chi connectivity index (χ1) is 12.7. The molecule has 1 amide bonds. The number of aliphatic hydroxyl groups excluding tert-OH is 1. The van der Waals surface area contributed by atoms with Gasteiger partial charge in [0, 0.05) is 29.6 Å². The average molecular weight is 344 g/mol. The van der Waals surface area contributed by atoms with E-state index in [-0.39, 0.29) is 18.4 Å². The summed E-state index contributed by atoms with van der Waals surface area (Å²) in [6.45, 7) is 0.0963. The fraction of sp³-hybridized carbons (Fsp3) is 0.182. The predicted molar refractivity (Wildman–Crippen MR) is 102 cm³/mol. The third kappa shape index (κ3) is 3.37. The molecule has 3 aromatic rings. The third-order valence-corrected chi connectivity index (χ3v) is 4.84. The highest BCUT2D eigenvalue weighted by Crippen LogP contribution is 2.30. The molecule has 0 fully saturated rings. The van der Waals surface area contributed by atoms with Crippen LogP contribution < -0.4 is 5.32 Å². The van der Waals surface area contributed by atoms with Gasteiger partial charge in [0.25, 0.3) is 0 Å². The number of aliphatic hydroxyl groups is 1. The minimum absolute atomic E-state index is 0.0395. The van der Waals surface area contributed by atoms with Crippen LogP contribution in [-0.2, 0) is 17.6 Å². The van der Waals surface area contributed by atoms with Crippen molar-refractivity contribution >= 4 is 11.6 Å². The van der Waals surface area contributed by atoms with Crippen molar-refractivity contribution in [1.29, 1.82) is 0 Å². The van der Waals surface area contributed by atoms with Gasteiger partial charge >= 0.3 is 0 Å². The molecular formula is C22H20N2O2. The first kappa shape index (κ1) is 16.5. The van der Waals surface area contributed by atoms with Crippen LogP contribution in [0.5, 0.6) is 0 Å². The number of benzene rings is 2. The number of carbonyl (C=O) groups excluding carboxylic acids is 1. The summed E-state index contributed by atoms with van der Waals surface area (Å²) in [5.74, 6) is 0.0882. The number of rotatable bonds is 5. The summed E-state index contributed by atoms with van der Waals surface area (Å²) < 4.78 is 0. The summed E-state index contributed by atoms with van der Waals surface area (Å²) in [7, 11) is 0. The van der Waals surface area contributed by atoms with Gasteiger partial charge in [-0.3, -0.25) is 9.78 Å². The molecule has 130 valence electrons. The molecule has 1 aromatic heterocycles. The summed E-state index contributed by atoms with van der Waals surface area (Å²) in [5.41, 5.74) is 6.16. The van der Waals surface area contributed by atoms with Crippen LogP contribution in [0.4, 0.5) is 5.69 Å². The van der Waals surface area contributed by atoms with E-state index in [2.05, 4.69) is 16.4 Å². The zero-order chi connectivity index (χ0) is 17.9. The van der Waals surface area contributed by atoms with Gasteiger partial charge in [0.1, 0.15) is 0 Å². The van der Waals surface area contributed by atoms with E-state index in [0.717, 1.165) is 39.9 Å². The lowest BCUT2D eigenvalue weighted by molar-refractivity contribution is -0.115. The van der Waals surface area contributed by atoms with Gasteiger partial charge in [-0.15, -0.1) is 0 Å². The van der Waals surface area contributed by atoms with Crippen molar-refractivity contribution in [2.75, 3.05) is 11.9 Å². The third-order valence-electron chi connectivity index (χ3n) is 4.84. The fourth-order valence-electron chi connectivity index (χ4n) is 3.45. The number of carbonyl (C=O) groups is 1. The molecule has 0 bridgehead atoms. The monoisotopic (exact) mass is 344 g/mol. The van der Waals surface area contributed by atoms with Crippen LogP contribution in [0, 0.1) is 0 Å². The molecule has 2 N–H and O–H groups in total. The molecule has 26 heavy (non-hydrogen) atoms. The molecule has 0 saturated carbocycles. The number of nitrogens with zero attached hydrogens (tertiary/aromatic N) is 1. The number of nitrogens with one attached hydrogen (secondary N) is 1.